The Morgan fingerprint density at radius 1 is 1.05 bits per heavy atom. The zero-order chi connectivity index (χ0) is 26.6. The fourth-order valence-electron chi connectivity index (χ4n) is 7.54. The van der Waals surface area contributed by atoms with Crippen LogP contribution in [0.2, 0.25) is 5.02 Å². The summed E-state index contributed by atoms with van der Waals surface area (Å²) in [5, 5.41) is 6.82. The van der Waals surface area contributed by atoms with Gasteiger partial charge in [0, 0.05) is 22.8 Å². The van der Waals surface area contributed by atoms with Crippen molar-refractivity contribution in [3.8, 4) is 0 Å². The summed E-state index contributed by atoms with van der Waals surface area (Å²) in [7, 11) is 0. The molecule has 4 fully saturated rings. The number of carbonyl (C=O) groups excluding carboxylic acids is 3. The number of hydrogen-bond donors (Lipinski definition) is 2. The first-order valence-electron chi connectivity index (χ1n) is 14.4. The second kappa shape index (κ2) is 9.98. The number of nitrogens with one attached hydrogen (secondary N) is 2. The third-order valence-corrected chi connectivity index (χ3v) is 10.0. The number of fused-ring (bicyclic) bond motifs is 1. The summed E-state index contributed by atoms with van der Waals surface area (Å²) < 4.78 is 6.51. The zero-order valence-electron chi connectivity index (χ0n) is 22.3. The van der Waals surface area contributed by atoms with E-state index in [2.05, 4.69) is 17.6 Å². The van der Waals surface area contributed by atoms with E-state index in [1.165, 1.54) is 6.42 Å². The van der Waals surface area contributed by atoms with E-state index < -0.39 is 29.6 Å². The Hall–Kier alpha value is -2.38. The number of aryl methyl sites for hydroxylation is 1. The maximum absolute atomic E-state index is 14.3. The van der Waals surface area contributed by atoms with Gasteiger partial charge < -0.3 is 20.3 Å². The van der Waals surface area contributed by atoms with Gasteiger partial charge in [0.25, 0.3) is 0 Å². The summed E-state index contributed by atoms with van der Waals surface area (Å²) >= 11 is 6.29. The first kappa shape index (κ1) is 25.9. The van der Waals surface area contributed by atoms with Gasteiger partial charge >= 0.3 is 0 Å². The molecule has 3 heterocycles. The van der Waals surface area contributed by atoms with Crippen LogP contribution in [0.25, 0.3) is 0 Å². The lowest BCUT2D eigenvalue weighted by molar-refractivity contribution is -0.145. The maximum atomic E-state index is 14.3. The molecule has 2 N–H and O–H groups in total. The van der Waals surface area contributed by atoms with Gasteiger partial charge in [-0.1, -0.05) is 56.0 Å². The van der Waals surface area contributed by atoms with Gasteiger partial charge in [-0.15, -0.1) is 0 Å². The first-order valence-corrected chi connectivity index (χ1v) is 14.7. The van der Waals surface area contributed by atoms with Crippen LogP contribution in [0.5, 0.6) is 0 Å². The fourth-order valence-corrected chi connectivity index (χ4v) is 7.72. The molecule has 0 unspecified atom stereocenters. The number of ether oxygens (including phenoxy) is 1. The molecule has 1 aromatic rings. The van der Waals surface area contributed by atoms with Gasteiger partial charge in [-0.05, 0) is 69.1 Å². The van der Waals surface area contributed by atoms with Gasteiger partial charge in [0.1, 0.15) is 11.6 Å². The summed E-state index contributed by atoms with van der Waals surface area (Å²) in [6.45, 7) is 4.15. The molecule has 7 nitrogen and oxygen atoms in total. The predicted octanol–water partition coefficient (Wildman–Crippen LogP) is 4.77. The lowest BCUT2D eigenvalue weighted by Gasteiger charge is -2.40. The van der Waals surface area contributed by atoms with Crippen LogP contribution in [0.3, 0.4) is 0 Å². The SMILES string of the molecule is Cc1ccc(NC(=O)[C@@H]2[C@@H]3C=C[C@]4(O3)[C@@H]2C(=O)N(C2CCC(C)CC2)[C@@H]4C(=O)NC2CCCCC2)cc1Cl. The normalized spacial score (nSPS) is 36.4. The Balaban J connectivity index is 1.31. The van der Waals surface area contributed by atoms with E-state index in [1.54, 1.807) is 6.07 Å². The van der Waals surface area contributed by atoms with Gasteiger partial charge in [-0.25, -0.2) is 0 Å². The highest BCUT2D eigenvalue weighted by Crippen LogP contribution is 2.56. The van der Waals surface area contributed by atoms with Gasteiger partial charge in [0.15, 0.2) is 0 Å². The molecular formula is C30H38ClN3O4. The Morgan fingerprint density at radius 3 is 2.50 bits per heavy atom. The van der Waals surface area contributed by atoms with Crippen molar-refractivity contribution in [2.75, 3.05) is 5.32 Å². The van der Waals surface area contributed by atoms with Crippen molar-refractivity contribution in [3.63, 3.8) is 0 Å². The fraction of sp³-hybridized carbons (Fsp3) is 0.633. The molecule has 2 aliphatic carbocycles. The highest BCUT2D eigenvalue weighted by atomic mass is 35.5. The van der Waals surface area contributed by atoms with Gasteiger partial charge in [-0.3, -0.25) is 14.4 Å². The van der Waals surface area contributed by atoms with Crippen LogP contribution in [0.15, 0.2) is 30.4 Å². The Kier molecular flexibility index (Phi) is 6.79. The van der Waals surface area contributed by atoms with E-state index in [9.17, 15) is 14.4 Å². The third-order valence-electron chi connectivity index (χ3n) is 9.63. The van der Waals surface area contributed by atoms with Crippen molar-refractivity contribution in [1.29, 1.82) is 0 Å². The lowest BCUT2D eigenvalue weighted by Crippen LogP contribution is -2.58. The molecule has 1 aromatic carbocycles. The highest BCUT2D eigenvalue weighted by Gasteiger charge is 2.73. The van der Waals surface area contributed by atoms with Crippen molar-refractivity contribution < 1.29 is 19.1 Å². The first-order chi connectivity index (χ1) is 18.3. The Morgan fingerprint density at radius 2 is 1.79 bits per heavy atom. The van der Waals surface area contributed by atoms with Crippen LogP contribution in [0, 0.1) is 24.7 Å². The van der Waals surface area contributed by atoms with Gasteiger partial charge in [-0.2, -0.15) is 0 Å². The van der Waals surface area contributed by atoms with Crippen molar-refractivity contribution >= 4 is 35.0 Å². The number of amides is 3. The van der Waals surface area contributed by atoms with Gasteiger partial charge in [0.2, 0.25) is 17.7 Å². The summed E-state index contributed by atoms with van der Waals surface area (Å²) in [4.78, 5) is 43.7. The average molecular weight is 540 g/mol. The second-order valence-electron chi connectivity index (χ2n) is 12.2. The molecule has 8 heteroatoms. The van der Waals surface area contributed by atoms with E-state index in [-0.39, 0.29) is 29.8 Å². The van der Waals surface area contributed by atoms with E-state index in [0.717, 1.165) is 56.9 Å². The van der Waals surface area contributed by atoms with Crippen LogP contribution >= 0.6 is 11.6 Å². The predicted molar refractivity (Wildman–Crippen MR) is 146 cm³/mol. The quantitative estimate of drug-likeness (QED) is 0.528. The number of likely N-dealkylation sites (tertiary alicyclic amines) is 1. The Bertz CT molecular complexity index is 1160. The number of anilines is 1. The number of hydrogen-bond acceptors (Lipinski definition) is 4. The molecule has 0 radical (unpaired) electrons. The smallest absolute Gasteiger partial charge is 0.246 e. The average Bonchev–Trinajstić information content (AvgIpc) is 3.55. The molecule has 2 saturated heterocycles. The Labute approximate surface area is 229 Å². The number of rotatable bonds is 5. The van der Waals surface area contributed by atoms with Crippen LogP contribution < -0.4 is 10.6 Å². The molecule has 3 amide bonds. The zero-order valence-corrected chi connectivity index (χ0v) is 23.0. The molecule has 2 bridgehead atoms. The highest BCUT2D eigenvalue weighted by molar-refractivity contribution is 6.31. The minimum absolute atomic E-state index is 0.0172. The molecule has 38 heavy (non-hydrogen) atoms. The maximum Gasteiger partial charge on any atom is 0.246 e. The molecular weight excluding hydrogens is 502 g/mol. The number of nitrogens with zero attached hydrogens (tertiary/aromatic N) is 1. The molecule has 0 aromatic heterocycles. The molecule has 5 atom stereocenters. The van der Waals surface area contributed by atoms with E-state index in [4.69, 9.17) is 16.3 Å². The minimum atomic E-state index is -1.11. The molecule has 6 rings (SSSR count). The molecule has 204 valence electrons. The van der Waals surface area contributed by atoms with E-state index in [1.807, 2.05) is 36.1 Å². The largest absolute Gasteiger partial charge is 0.359 e. The van der Waals surface area contributed by atoms with Crippen LogP contribution in [0.4, 0.5) is 5.69 Å². The van der Waals surface area contributed by atoms with E-state index in [0.29, 0.717) is 16.6 Å². The summed E-state index contributed by atoms with van der Waals surface area (Å²) in [6, 6.07) is 4.74. The van der Waals surface area contributed by atoms with Crippen LogP contribution in [0.1, 0.15) is 70.3 Å². The summed E-state index contributed by atoms with van der Waals surface area (Å²) in [6.07, 6.45) is 12.4. The van der Waals surface area contributed by atoms with Crippen molar-refractivity contribution in [2.24, 2.45) is 17.8 Å². The summed E-state index contributed by atoms with van der Waals surface area (Å²) in [5.41, 5.74) is 0.392. The summed E-state index contributed by atoms with van der Waals surface area (Å²) in [5.74, 6) is -1.34. The van der Waals surface area contributed by atoms with Crippen molar-refractivity contribution in [3.05, 3.63) is 40.9 Å². The standard InChI is InChI=1S/C30H38ClN3O4/c1-17-8-12-21(13-9-17)34-26(28(36)32-19-6-4-3-5-7-19)30-15-14-23(38-30)24(25(30)29(34)37)27(35)33-20-11-10-18(2)22(31)16-20/h10-11,14-17,19,21,23-26H,3-9,12-13H2,1-2H3,(H,32,36)(H,33,35)/t17?,21?,23-,24+,25-,26+,30-/m0/s1. The third kappa shape index (κ3) is 4.26. The van der Waals surface area contributed by atoms with Crippen molar-refractivity contribution in [2.45, 2.75) is 101 Å². The molecule has 2 saturated carbocycles. The number of halogens is 1. The molecule has 3 aliphatic heterocycles. The van der Waals surface area contributed by atoms with Crippen LogP contribution in [-0.4, -0.2) is 52.5 Å². The molecule has 5 aliphatic rings. The van der Waals surface area contributed by atoms with Crippen molar-refractivity contribution in [1.82, 2.24) is 10.2 Å². The van der Waals surface area contributed by atoms with Gasteiger partial charge in [0.05, 0.1) is 17.9 Å². The molecule has 1 spiro atoms. The van der Waals surface area contributed by atoms with E-state index >= 15 is 0 Å². The second-order valence-corrected chi connectivity index (χ2v) is 12.6. The minimum Gasteiger partial charge on any atom is -0.359 e. The number of carbonyl (C=O) groups is 3. The topological polar surface area (TPSA) is 87.7 Å². The lowest BCUT2D eigenvalue weighted by atomic mass is 9.74. The monoisotopic (exact) mass is 539 g/mol. The van der Waals surface area contributed by atoms with Crippen LogP contribution in [-0.2, 0) is 19.1 Å². The number of benzene rings is 1.